The molecule has 1 unspecified atom stereocenters. The normalized spacial score (nSPS) is 19.7. The highest BCUT2D eigenvalue weighted by Gasteiger charge is 2.33. The zero-order valence-corrected chi connectivity index (χ0v) is 10.2. The number of carbonyl (C=O) groups is 2. The summed E-state index contributed by atoms with van der Waals surface area (Å²) in [6, 6.07) is 0. The van der Waals surface area contributed by atoms with E-state index in [0.29, 0.717) is 6.54 Å². The van der Waals surface area contributed by atoms with Gasteiger partial charge in [-0.2, -0.15) is 0 Å². The lowest BCUT2D eigenvalue weighted by Gasteiger charge is -2.26. The van der Waals surface area contributed by atoms with Gasteiger partial charge >= 0.3 is 0 Å². The Kier molecular flexibility index (Phi) is 4.16. The Morgan fingerprint density at radius 1 is 1.47 bits per heavy atom. The molecule has 0 bridgehead atoms. The van der Waals surface area contributed by atoms with Gasteiger partial charge in [-0.15, -0.1) is 0 Å². The number of imide groups is 1. The van der Waals surface area contributed by atoms with Crippen molar-refractivity contribution in [2.24, 2.45) is 5.50 Å². The van der Waals surface area contributed by atoms with Crippen LogP contribution in [0.1, 0.15) is 19.8 Å². The zero-order valence-electron chi connectivity index (χ0n) is 8.47. The molecule has 0 aromatic rings. The molecule has 84 valence electrons. The minimum Gasteiger partial charge on any atom is -0.274 e. The van der Waals surface area contributed by atoms with Crippen molar-refractivity contribution >= 4 is 30.1 Å². The summed E-state index contributed by atoms with van der Waals surface area (Å²) < 4.78 is 0.956. The second kappa shape index (κ2) is 4.99. The van der Waals surface area contributed by atoms with Gasteiger partial charge in [-0.05, 0) is 18.2 Å². The Balaban J connectivity index is 2.65. The van der Waals surface area contributed by atoms with Gasteiger partial charge in [-0.3, -0.25) is 20.2 Å². The Labute approximate surface area is 93.9 Å². The van der Waals surface area contributed by atoms with Crippen molar-refractivity contribution in [3.63, 3.8) is 0 Å². The number of hydrogen-bond acceptors (Lipinski definition) is 3. The Morgan fingerprint density at radius 2 is 2.00 bits per heavy atom. The molecule has 0 spiro atoms. The van der Waals surface area contributed by atoms with E-state index >= 15 is 0 Å². The number of rotatable bonds is 5. The molecule has 3 N–H and O–H groups in total. The maximum Gasteiger partial charge on any atom is 0.259 e. The van der Waals surface area contributed by atoms with Crippen LogP contribution in [-0.2, 0) is 21.4 Å². The second-order valence-corrected chi connectivity index (χ2v) is 6.84. The molecule has 5 nitrogen and oxygen atoms in total. The third-order valence-corrected chi connectivity index (χ3v) is 4.49. The van der Waals surface area contributed by atoms with Crippen LogP contribution in [0.2, 0.25) is 0 Å². The van der Waals surface area contributed by atoms with Crippen molar-refractivity contribution in [3.8, 4) is 0 Å². The first-order chi connectivity index (χ1) is 6.99. The third kappa shape index (κ3) is 2.95. The van der Waals surface area contributed by atoms with E-state index in [-0.39, 0.29) is 0 Å². The van der Waals surface area contributed by atoms with Gasteiger partial charge in [-0.25, -0.2) is 4.67 Å². The monoisotopic (exact) mass is 247 g/mol. The van der Waals surface area contributed by atoms with E-state index in [1.54, 1.807) is 0 Å². The molecule has 0 aromatic carbocycles. The van der Waals surface area contributed by atoms with Crippen LogP contribution in [-0.4, -0.2) is 23.0 Å². The molecular formula is C8H14N3O2PS. The Bertz CT molecular complexity index is 338. The highest BCUT2D eigenvalue weighted by atomic mass is 32.4. The quantitative estimate of drug-likeness (QED) is 0.420. The molecular weight excluding hydrogens is 233 g/mol. The van der Waals surface area contributed by atoms with Gasteiger partial charge in [-0.1, -0.05) is 13.3 Å². The van der Waals surface area contributed by atoms with E-state index in [0.717, 1.165) is 17.5 Å². The average Bonchev–Trinajstić information content (AvgIpc) is 2.46. The van der Waals surface area contributed by atoms with E-state index in [2.05, 4.69) is 5.09 Å². The van der Waals surface area contributed by atoms with E-state index < -0.39 is 18.3 Å². The smallest absolute Gasteiger partial charge is 0.259 e. The molecule has 1 heterocycles. The summed E-state index contributed by atoms with van der Waals surface area (Å²) in [5.41, 5.74) is 5.80. The maximum absolute atomic E-state index is 11.3. The number of nitrogens with one attached hydrogen (secondary N) is 1. The van der Waals surface area contributed by atoms with Gasteiger partial charge in [0, 0.05) is 18.7 Å². The van der Waals surface area contributed by atoms with E-state index in [4.69, 9.17) is 17.3 Å². The second-order valence-electron chi connectivity index (χ2n) is 3.21. The largest absolute Gasteiger partial charge is 0.274 e. The van der Waals surface area contributed by atoms with Gasteiger partial charge in [0.15, 0.2) is 6.49 Å². The van der Waals surface area contributed by atoms with E-state index in [1.165, 1.54) is 12.2 Å². The maximum atomic E-state index is 11.3. The lowest BCUT2D eigenvalue weighted by atomic mass is 10.3. The summed E-state index contributed by atoms with van der Waals surface area (Å²) in [6.07, 6.45) is 4.30. The predicted molar refractivity (Wildman–Crippen MR) is 62.4 cm³/mol. The zero-order chi connectivity index (χ0) is 11.5. The minimum atomic E-state index is -2.73. The molecule has 15 heavy (non-hydrogen) atoms. The van der Waals surface area contributed by atoms with Crippen LogP contribution < -0.4 is 10.6 Å². The van der Waals surface area contributed by atoms with Crippen LogP contribution in [0.4, 0.5) is 0 Å². The van der Waals surface area contributed by atoms with Crippen molar-refractivity contribution in [2.75, 3.05) is 6.54 Å². The molecule has 2 amide bonds. The Morgan fingerprint density at radius 3 is 2.47 bits per heavy atom. The summed E-state index contributed by atoms with van der Waals surface area (Å²) in [7, 11) is 0. The van der Waals surface area contributed by atoms with Gasteiger partial charge in [0.1, 0.15) is 0 Å². The number of unbranched alkanes of at least 4 members (excludes halogenated alkanes) is 1. The van der Waals surface area contributed by atoms with Crippen molar-refractivity contribution in [2.45, 2.75) is 19.8 Å². The average molecular weight is 247 g/mol. The van der Waals surface area contributed by atoms with Crippen molar-refractivity contribution in [1.29, 1.82) is 0 Å². The van der Waals surface area contributed by atoms with Crippen LogP contribution >= 0.6 is 6.49 Å². The highest BCUT2D eigenvalue weighted by Crippen LogP contribution is 2.39. The summed E-state index contributed by atoms with van der Waals surface area (Å²) in [6.45, 7) is -0.0636. The predicted octanol–water partition coefficient (Wildman–Crippen LogP) is 0.484. The summed E-state index contributed by atoms with van der Waals surface area (Å²) in [4.78, 5) is 22.6. The van der Waals surface area contributed by atoms with Crippen LogP contribution in [0.5, 0.6) is 0 Å². The van der Waals surface area contributed by atoms with Crippen LogP contribution in [0.15, 0.2) is 12.2 Å². The van der Waals surface area contributed by atoms with E-state index in [9.17, 15) is 9.59 Å². The molecule has 0 fully saturated rings. The molecule has 1 atom stereocenters. The molecule has 1 rings (SSSR count). The molecule has 1 aliphatic rings. The van der Waals surface area contributed by atoms with Crippen molar-refractivity contribution < 1.29 is 9.59 Å². The molecule has 0 aliphatic carbocycles. The molecule has 0 radical (unpaired) electrons. The van der Waals surface area contributed by atoms with Crippen molar-refractivity contribution in [3.05, 3.63) is 12.2 Å². The third-order valence-electron chi connectivity index (χ3n) is 1.95. The van der Waals surface area contributed by atoms with Crippen LogP contribution in [0.25, 0.3) is 0 Å². The summed E-state index contributed by atoms with van der Waals surface area (Å²) >= 11 is 5.09. The van der Waals surface area contributed by atoms with Gasteiger partial charge in [0.2, 0.25) is 0 Å². The van der Waals surface area contributed by atoms with Gasteiger partial charge in [0.05, 0.1) is 0 Å². The SMILES string of the molecule is CCCCNP(N)(=S)N1C(=O)C=CC1=O. The van der Waals surface area contributed by atoms with E-state index in [1.807, 2.05) is 6.92 Å². The lowest BCUT2D eigenvalue weighted by Crippen LogP contribution is -2.36. The molecule has 7 heteroatoms. The fraction of sp³-hybridized carbons (Fsp3) is 0.500. The number of amides is 2. The molecule has 0 saturated heterocycles. The fourth-order valence-corrected chi connectivity index (χ4v) is 3.27. The first-order valence-corrected chi connectivity index (χ1v) is 7.52. The van der Waals surface area contributed by atoms with Crippen LogP contribution in [0.3, 0.4) is 0 Å². The first-order valence-electron chi connectivity index (χ1n) is 4.69. The molecule has 0 saturated carbocycles. The molecule has 1 aliphatic heterocycles. The number of nitrogens with two attached hydrogens (primary N) is 1. The topological polar surface area (TPSA) is 75.4 Å². The Hall–Kier alpha value is -0.550. The van der Waals surface area contributed by atoms with Crippen molar-refractivity contribution in [1.82, 2.24) is 9.76 Å². The number of carbonyl (C=O) groups excluding carboxylic acids is 2. The molecule has 0 aromatic heterocycles. The minimum absolute atomic E-state index is 0.421. The standard InChI is InChI=1S/C8H14N3O2PS/c1-2-3-6-10-14(9,15)11-7(12)4-5-8(11)13/h4-5H,2-3,6H2,1H3,(H3,9,10,15). The van der Waals surface area contributed by atoms with Gasteiger partial charge in [0.25, 0.3) is 11.8 Å². The summed E-state index contributed by atoms with van der Waals surface area (Å²) in [5.74, 6) is -0.843. The van der Waals surface area contributed by atoms with Gasteiger partial charge < -0.3 is 0 Å². The lowest BCUT2D eigenvalue weighted by molar-refractivity contribution is -0.130. The first kappa shape index (κ1) is 12.5. The highest BCUT2D eigenvalue weighted by molar-refractivity contribution is 8.11. The fourth-order valence-electron chi connectivity index (χ4n) is 1.17. The van der Waals surface area contributed by atoms with Crippen LogP contribution in [0, 0.1) is 0 Å². The summed E-state index contributed by atoms with van der Waals surface area (Å²) in [5, 5.41) is 2.91. The number of hydrogen-bond donors (Lipinski definition) is 2. The number of nitrogens with zero attached hydrogens (tertiary/aromatic N) is 1.